The Hall–Kier alpha value is -2.67. The molecule has 3 aromatic rings. The van der Waals surface area contributed by atoms with Crippen molar-refractivity contribution in [3.05, 3.63) is 45.0 Å². The summed E-state index contributed by atoms with van der Waals surface area (Å²) < 4.78 is 5.36. The molecule has 3 N–H and O–H groups in total. The van der Waals surface area contributed by atoms with E-state index >= 15 is 0 Å². The van der Waals surface area contributed by atoms with Gasteiger partial charge in [-0.1, -0.05) is 5.16 Å². The zero-order valence-corrected chi connectivity index (χ0v) is 16.2. The van der Waals surface area contributed by atoms with Crippen LogP contribution < -0.4 is 11.1 Å². The second-order valence-corrected chi connectivity index (χ2v) is 8.17. The quantitative estimate of drug-likeness (QED) is 0.718. The van der Waals surface area contributed by atoms with Crippen LogP contribution in [0.1, 0.15) is 50.5 Å². The topological polar surface area (TPSA) is 98.2 Å². The largest absolute Gasteiger partial charge is 0.365 e. The van der Waals surface area contributed by atoms with Gasteiger partial charge in [0.15, 0.2) is 5.58 Å². The first kappa shape index (κ1) is 17.7. The summed E-state index contributed by atoms with van der Waals surface area (Å²) in [5, 5.41) is 8.33. The summed E-state index contributed by atoms with van der Waals surface area (Å²) >= 11 is 1.46. The summed E-state index contributed by atoms with van der Waals surface area (Å²) in [7, 11) is 0. The fourth-order valence-corrected chi connectivity index (χ4v) is 4.92. The van der Waals surface area contributed by atoms with Gasteiger partial charge in [-0.15, -0.1) is 11.3 Å². The maximum absolute atomic E-state index is 12.6. The van der Waals surface area contributed by atoms with E-state index in [2.05, 4.69) is 10.5 Å². The van der Waals surface area contributed by atoms with Gasteiger partial charge in [-0.2, -0.15) is 0 Å². The van der Waals surface area contributed by atoms with E-state index < -0.39 is 5.91 Å². The molecule has 2 aromatic heterocycles. The molecule has 6 nitrogen and oxygen atoms in total. The van der Waals surface area contributed by atoms with Crippen LogP contribution in [-0.2, 0) is 24.1 Å². The Balaban J connectivity index is 1.60. The predicted octanol–water partition coefficient (Wildman–Crippen LogP) is 3.67. The lowest BCUT2D eigenvalue weighted by Gasteiger charge is -2.11. The van der Waals surface area contributed by atoms with Crippen LogP contribution in [0.5, 0.6) is 0 Å². The number of anilines is 1. The number of nitrogens with zero attached hydrogens (tertiary/aromatic N) is 1. The summed E-state index contributed by atoms with van der Waals surface area (Å²) in [4.78, 5) is 25.7. The predicted molar refractivity (Wildman–Crippen MR) is 105 cm³/mol. The smallest absolute Gasteiger partial charge is 0.251 e. The van der Waals surface area contributed by atoms with Crippen LogP contribution in [-0.4, -0.2) is 17.0 Å². The number of benzene rings is 1. The molecule has 7 heteroatoms. The van der Waals surface area contributed by atoms with Gasteiger partial charge in [0.25, 0.3) is 5.91 Å². The number of nitrogens with one attached hydrogen (secondary N) is 1. The van der Waals surface area contributed by atoms with Gasteiger partial charge in [0.05, 0.1) is 12.0 Å². The standard InChI is InChI=1S/C20H21N3O3S/c1-10-7-13-14(23-26-15(13)8-11(10)2)9-17(24)22-20-18(19(21)25)12-5-3-4-6-16(12)27-20/h7-8H,3-6,9H2,1-2H3,(H2,21,25)(H,22,24). The lowest BCUT2D eigenvalue weighted by atomic mass is 9.95. The molecule has 0 spiro atoms. The Morgan fingerprint density at radius 1 is 1.22 bits per heavy atom. The highest BCUT2D eigenvalue weighted by Crippen LogP contribution is 2.38. The maximum atomic E-state index is 12.6. The molecular weight excluding hydrogens is 362 g/mol. The van der Waals surface area contributed by atoms with Gasteiger partial charge < -0.3 is 15.6 Å². The average molecular weight is 383 g/mol. The van der Waals surface area contributed by atoms with Crippen LogP contribution >= 0.6 is 11.3 Å². The molecule has 27 heavy (non-hydrogen) atoms. The fraction of sp³-hybridized carbons (Fsp3) is 0.350. The molecule has 1 aromatic carbocycles. The van der Waals surface area contributed by atoms with Crippen molar-refractivity contribution in [3.63, 3.8) is 0 Å². The number of aromatic nitrogens is 1. The summed E-state index contributed by atoms with van der Waals surface area (Å²) in [5.74, 6) is -0.716. The Morgan fingerprint density at radius 2 is 1.96 bits per heavy atom. The van der Waals surface area contributed by atoms with Crippen LogP contribution in [0.15, 0.2) is 16.7 Å². The monoisotopic (exact) mass is 383 g/mol. The minimum atomic E-state index is -0.484. The normalized spacial score (nSPS) is 13.6. The van der Waals surface area contributed by atoms with Crippen molar-refractivity contribution in [3.8, 4) is 0 Å². The molecule has 0 saturated heterocycles. The van der Waals surface area contributed by atoms with Crippen LogP contribution in [0.2, 0.25) is 0 Å². The molecule has 2 heterocycles. The Kier molecular flexibility index (Phi) is 4.47. The maximum Gasteiger partial charge on any atom is 0.251 e. The zero-order chi connectivity index (χ0) is 19.1. The minimum absolute atomic E-state index is 0.0796. The number of hydrogen-bond acceptors (Lipinski definition) is 5. The second-order valence-electron chi connectivity index (χ2n) is 7.07. The summed E-state index contributed by atoms with van der Waals surface area (Å²) in [6.07, 6.45) is 4.00. The van der Waals surface area contributed by atoms with Crippen LogP contribution in [0, 0.1) is 13.8 Å². The first-order valence-corrected chi connectivity index (χ1v) is 9.85. The fourth-order valence-electron chi connectivity index (χ4n) is 3.61. The van der Waals surface area contributed by atoms with E-state index in [0.717, 1.165) is 52.6 Å². The van der Waals surface area contributed by atoms with Gasteiger partial charge in [0.2, 0.25) is 5.91 Å². The molecule has 0 saturated carbocycles. The number of aryl methyl sites for hydroxylation is 3. The molecule has 0 aliphatic heterocycles. The van der Waals surface area contributed by atoms with E-state index in [1.54, 1.807) is 0 Å². The van der Waals surface area contributed by atoms with E-state index in [0.29, 0.717) is 21.8 Å². The lowest BCUT2D eigenvalue weighted by molar-refractivity contribution is -0.115. The van der Waals surface area contributed by atoms with Crippen molar-refractivity contribution in [2.45, 2.75) is 46.0 Å². The van der Waals surface area contributed by atoms with Crippen molar-refractivity contribution in [2.75, 3.05) is 5.32 Å². The molecule has 0 atom stereocenters. The van der Waals surface area contributed by atoms with E-state index in [1.165, 1.54) is 11.3 Å². The van der Waals surface area contributed by atoms with Crippen LogP contribution in [0.3, 0.4) is 0 Å². The molecule has 2 amide bonds. The number of amides is 2. The number of hydrogen-bond donors (Lipinski definition) is 2. The minimum Gasteiger partial charge on any atom is -0.365 e. The van der Waals surface area contributed by atoms with Crippen molar-refractivity contribution < 1.29 is 14.1 Å². The second kappa shape index (κ2) is 6.81. The van der Waals surface area contributed by atoms with Gasteiger partial charge in [-0.05, 0) is 68.4 Å². The third-order valence-corrected chi connectivity index (χ3v) is 6.37. The lowest BCUT2D eigenvalue weighted by Crippen LogP contribution is -2.19. The number of thiophene rings is 1. The van der Waals surface area contributed by atoms with Crippen molar-refractivity contribution in [1.29, 1.82) is 0 Å². The van der Waals surface area contributed by atoms with E-state index in [-0.39, 0.29) is 12.3 Å². The SMILES string of the molecule is Cc1cc2onc(CC(=O)Nc3sc4c(c3C(N)=O)CCCC4)c2cc1C. The molecule has 0 unspecified atom stereocenters. The molecule has 4 rings (SSSR count). The first-order chi connectivity index (χ1) is 12.9. The highest BCUT2D eigenvalue weighted by Gasteiger charge is 2.25. The number of fused-ring (bicyclic) bond motifs is 2. The van der Waals surface area contributed by atoms with Gasteiger partial charge >= 0.3 is 0 Å². The van der Waals surface area contributed by atoms with Crippen molar-refractivity contribution in [1.82, 2.24) is 5.16 Å². The molecule has 0 fully saturated rings. The Labute approximate surface area is 160 Å². The summed E-state index contributed by atoms with van der Waals surface area (Å²) in [6.45, 7) is 4.02. The highest BCUT2D eigenvalue weighted by molar-refractivity contribution is 7.17. The zero-order valence-electron chi connectivity index (χ0n) is 15.3. The van der Waals surface area contributed by atoms with Gasteiger partial charge in [-0.25, -0.2) is 0 Å². The molecular formula is C20H21N3O3S. The van der Waals surface area contributed by atoms with Gasteiger partial charge in [0, 0.05) is 10.3 Å². The van der Waals surface area contributed by atoms with Crippen LogP contribution in [0.4, 0.5) is 5.00 Å². The summed E-state index contributed by atoms with van der Waals surface area (Å²) in [5.41, 5.74) is 10.6. The number of primary amides is 1. The molecule has 1 aliphatic carbocycles. The molecule has 0 radical (unpaired) electrons. The molecule has 0 bridgehead atoms. The first-order valence-electron chi connectivity index (χ1n) is 9.03. The molecule has 1 aliphatic rings. The van der Waals surface area contributed by atoms with Gasteiger partial charge in [-0.3, -0.25) is 9.59 Å². The third-order valence-electron chi connectivity index (χ3n) is 5.16. The van der Waals surface area contributed by atoms with Crippen molar-refractivity contribution >= 4 is 39.1 Å². The number of nitrogens with two attached hydrogens (primary N) is 1. The van der Waals surface area contributed by atoms with Gasteiger partial charge in [0.1, 0.15) is 10.7 Å². The van der Waals surface area contributed by atoms with E-state index in [4.69, 9.17) is 10.3 Å². The number of rotatable bonds is 4. The molecule has 140 valence electrons. The van der Waals surface area contributed by atoms with Crippen molar-refractivity contribution in [2.24, 2.45) is 5.73 Å². The summed E-state index contributed by atoms with van der Waals surface area (Å²) in [6, 6.07) is 3.92. The Morgan fingerprint density at radius 3 is 2.74 bits per heavy atom. The van der Waals surface area contributed by atoms with Crippen LogP contribution in [0.25, 0.3) is 11.0 Å². The Bertz CT molecular complexity index is 1060. The van der Waals surface area contributed by atoms with E-state index in [9.17, 15) is 9.59 Å². The highest BCUT2D eigenvalue weighted by atomic mass is 32.1. The number of carbonyl (C=O) groups is 2. The van der Waals surface area contributed by atoms with E-state index in [1.807, 2.05) is 26.0 Å². The average Bonchev–Trinajstić information content (AvgIpc) is 3.16. The number of carbonyl (C=O) groups excluding carboxylic acids is 2. The third kappa shape index (κ3) is 3.23.